The summed E-state index contributed by atoms with van der Waals surface area (Å²) in [6, 6.07) is 0. The van der Waals surface area contributed by atoms with Crippen LogP contribution in [-0.2, 0) is 4.57 Å². The molecule has 0 aromatic carbocycles. The van der Waals surface area contributed by atoms with Crippen molar-refractivity contribution in [3.05, 3.63) is 12.3 Å². The lowest BCUT2D eigenvalue weighted by Crippen LogP contribution is -2.26. The smallest absolute Gasteiger partial charge is 0.347 e. The fraction of sp³-hybridized carbons (Fsp3) is 0.600. The molecule has 5 heteroatoms. The Labute approximate surface area is 59.1 Å². The van der Waals surface area contributed by atoms with Crippen molar-refractivity contribution in [3.8, 4) is 0 Å². The van der Waals surface area contributed by atoms with E-state index in [1.54, 1.807) is 6.20 Å². The Balaban J connectivity index is 2.58. The van der Waals surface area contributed by atoms with Crippen LogP contribution in [0.4, 0.5) is 0 Å². The Morgan fingerprint density at radius 2 is 2.30 bits per heavy atom. The molecule has 1 unspecified atom stereocenters. The van der Waals surface area contributed by atoms with E-state index >= 15 is 0 Å². The van der Waals surface area contributed by atoms with E-state index in [0.717, 1.165) is 6.42 Å². The van der Waals surface area contributed by atoms with Crippen LogP contribution >= 0.6 is 7.60 Å². The van der Waals surface area contributed by atoms with Crippen LogP contribution in [0, 0.1) is 0 Å². The third-order valence-corrected chi connectivity index (χ3v) is 2.64. The quantitative estimate of drug-likeness (QED) is 0.489. The minimum absolute atomic E-state index is 0.515. The average molecular weight is 163 g/mol. The first kappa shape index (κ1) is 7.79. The van der Waals surface area contributed by atoms with Gasteiger partial charge in [-0.05, 0) is 19.0 Å². The number of hydrogen-bond donors (Lipinski definition) is 3. The summed E-state index contributed by atoms with van der Waals surface area (Å²) < 4.78 is 10.6. The molecule has 1 aliphatic heterocycles. The second-order valence-electron chi connectivity index (χ2n) is 2.25. The van der Waals surface area contributed by atoms with Gasteiger partial charge in [0.2, 0.25) is 0 Å². The number of nitrogens with one attached hydrogen (secondary N) is 1. The van der Waals surface area contributed by atoms with Gasteiger partial charge in [-0.15, -0.1) is 0 Å². The first-order chi connectivity index (χ1) is 4.61. The molecule has 1 atom stereocenters. The lowest BCUT2D eigenvalue weighted by Gasteiger charge is -2.20. The maximum absolute atomic E-state index is 10.6. The van der Waals surface area contributed by atoms with Crippen molar-refractivity contribution in [2.24, 2.45) is 0 Å². The second-order valence-corrected chi connectivity index (χ2v) is 4.05. The van der Waals surface area contributed by atoms with Gasteiger partial charge in [0.25, 0.3) is 0 Å². The number of hydrogen-bond acceptors (Lipinski definition) is 2. The van der Waals surface area contributed by atoms with Gasteiger partial charge in [-0.25, -0.2) is 0 Å². The first-order valence-corrected chi connectivity index (χ1v) is 4.75. The average Bonchev–Trinajstić information content (AvgIpc) is 1.88. The maximum atomic E-state index is 10.6. The van der Waals surface area contributed by atoms with Gasteiger partial charge in [-0.1, -0.05) is 6.08 Å². The molecule has 0 radical (unpaired) electrons. The predicted octanol–water partition coefficient (Wildman–Crippen LogP) is 0.387. The van der Waals surface area contributed by atoms with Crippen molar-refractivity contribution in [3.63, 3.8) is 0 Å². The monoisotopic (exact) mass is 163 g/mol. The van der Waals surface area contributed by atoms with Crippen LogP contribution in [0.15, 0.2) is 12.3 Å². The normalized spacial score (nSPS) is 26.0. The van der Waals surface area contributed by atoms with E-state index in [4.69, 9.17) is 9.79 Å². The zero-order valence-corrected chi connectivity index (χ0v) is 6.29. The van der Waals surface area contributed by atoms with Crippen molar-refractivity contribution in [1.82, 2.24) is 5.32 Å². The van der Waals surface area contributed by atoms with E-state index in [9.17, 15) is 4.57 Å². The Kier molecular flexibility index (Phi) is 2.14. The molecular weight excluding hydrogens is 153 g/mol. The molecule has 0 saturated carbocycles. The van der Waals surface area contributed by atoms with E-state index in [0.29, 0.717) is 6.42 Å². The molecule has 1 rings (SSSR count). The van der Waals surface area contributed by atoms with Gasteiger partial charge in [0.1, 0.15) is 5.78 Å². The Morgan fingerprint density at radius 1 is 1.60 bits per heavy atom. The van der Waals surface area contributed by atoms with E-state index < -0.39 is 13.4 Å². The zero-order valence-electron chi connectivity index (χ0n) is 5.40. The van der Waals surface area contributed by atoms with E-state index in [1.165, 1.54) is 0 Å². The summed E-state index contributed by atoms with van der Waals surface area (Å²) >= 11 is 0. The molecule has 0 spiro atoms. The molecule has 0 aliphatic carbocycles. The molecule has 4 nitrogen and oxygen atoms in total. The highest BCUT2D eigenvalue weighted by Crippen LogP contribution is 2.42. The highest BCUT2D eigenvalue weighted by atomic mass is 31.2. The Morgan fingerprint density at radius 3 is 2.60 bits per heavy atom. The third-order valence-electron chi connectivity index (χ3n) is 1.42. The van der Waals surface area contributed by atoms with Gasteiger partial charge in [0.15, 0.2) is 0 Å². The largest absolute Gasteiger partial charge is 0.378 e. The van der Waals surface area contributed by atoms with Gasteiger partial charge in [0.05, 0.1) is 0 Å². The molecule has 0 aromatic heterocycles. The van der Waals surface area contributed by atoms with Gasteiger partial charge >= 0.3 is 7.60 Å². The molecule has 0 bridgehead atoms. The topological polar surface area (TPSA) is 69.6 Å². The van der Waals surface area contributed by atoms with Crippen LogP contribution in [0.2, 0.25) is 0 Å². The van der Waals surface area contributed by atoms with E-state index in [1.807, 2.05) is 6.08 Å². The SMILES string of the molecule is O=P(O)(O)C1CCC=CN1. The number of allylic oxidation sites excluding steroid dienone is 1. The molecule has 1 heterocycles. The van der Waals surface area contributed by atoms with Crippen molar-refractivity contribution in [2.75, 3.05) is 0 Å². The van der Waals surface area contributed by atoms with Crippen molar-refractivity contribution >= 4 is 7.60 Å². The minimum Gasteiger partial charge on any atom is -0.378 e. The van der Waals surface area contributed by atoms with Gasteiger partial charge < -0.3 is 15.1 Å². The molecule has 0 aromatic rings. The van der Waals surface area contributed by atoms with Crippen LogP contribution in [0.3, 0.4) is 0 Å². The van der Waals surface area contributed by atoms with Crippen LogP contribution < -0.4 is 5.32 Å². The molecule has 1 aliphatic rings. The predicted molar refractivity (Wildman–Crippen MR) is 37.3 cm³/mol. The maximum Gasteiger partial charge on any atom is 0.347 e. The Hall–Kier alpha value is -0.310. The van der Waals surface area contributed by atoms with Crippen molar-refractivity contribution in [1.29, 1.82) is 0 Å². The van der Waals surface area contributed by atoms with Crippen LogP contribution in [0.25, 0.3) is 0 Å². The van der Waals surface area contributed by atoms with Crippen LogP contribution in [0.1, 0.15) is 12.8 Å². The summed E-state index contributed by atoms with van der Waals surface area (Å²) in [7, 11) is -3.90. The standard InChI is InChI=1S/C5H10NO3P/c7-10(8,9)5-3-1-2-4-6-5/h2,4-6H,1,3H2,(H2,7,8,9). The molecular formula is C5H10NO3P. The highest BCUT2D eigenvalue weighted by Gasteiger charge is 2.27. The lowest BCUT2D eigenvalue weighted by atomic mass is 10.2. The molecule has 58 valence electrons. The molecule has 0 amide bonds. The molecule has 10 heavy (non-hydrogen) atoms. The second kappa shape index (κ2) is 2.74. The lowest BCUT2D eigenvalue weighted by molar-refractivity contribution is 0.346. The van der Waals surface area contributed by atoms with Crippen LogP contribution in [0.5, 0.6) is 0 Å². The zero-order chi connectivity index (χ0) is 7.61. The summed E-state index contributed by atoms with van der Waals surface area (Å²) in [6.07, 6.45) is 4.70. The van der Waals surface area contributed by atoms with E-state index in [2.05, 4.69) is 5.32 Å². The Bertz CT molecular complexity index is 185. The third kappa shape index (κ3) is 1.84. The molecule has 3 N–H and O–H groups in total. The van der Waals surface area contributed by atoms with Gasteiger partial charge in [-0.3, -0.25) is 4.57 Å². The summed E-state index contributed by atoms with van der Waals surface area (Å²) in [5.41, 5.74) is 0. The van der Waals surface area contributed by atoms with Gasteiger partial charge in [0, 0.05) is 0 Å². The van der Waals surface area contributed by atoms with Gasteiger partial charge in [-0.2, -0.15) is 0 Å². The van der Waals surface area contributed by atoms with Crippen molar-refractivity contribution in [2.45, 2.75) is 18.6 Å². The highest BCUT2D eigenvalue weighted by molar-refractivity contribution is 7.52. The minimum atomic E-state index is -3.90. The van der Waals surface area contributed by atoms with Crippen LogP contribution in [-0.4, -0.2) is 15.6 Å². The molecule has 0 fully saturated rings. The summed E-state index contributed by atoms with van der Waals surface area (Å²) in [5, 5.41) is 2.62. The first-order valence-electron chi connectivity index (χ1n) is 3.07. The fourth-order valence-electron chi connectivity index (χ4n) is 0.865. The van der Waals surface area contributed by atoms with E-state index in [-0.39, 0.29) is 0 Å². The molecule has 0 saturated heterocycles. The van der Waals surface area contributed by atoms with Crippen molar-refractivity contribution < 1.29 is 14.4 Å². The summed E-state index contributed by atoms with van der Waals surface area (Å²) in [5.74, 6) is -0.669. The summed E-state index contributed by atoms with van der Waals surface area (Å²) in [4.78, 5) is 17.3. The summed E-state index contributed by atoms with van der Waals surface area (Å²) in [6.45, 7) is 0. The fourth-order valence-corrected chi connectivity index (χ4v) is 1.63. The number of rotatable bonds is 1.